The van der Waals surface area contributed by atoms with E-state index in [0.717, 1.165) is 12.8 Å². The van der Waals surface area contributed by atoms with Crippen LogP contribution in [0.15, 0.2) is 40.5 Å². The van der Waals surface area contributed by atoms with Gasteiger partial charge >= 0.3 is 5.97 Å². The molecule has 0 aromatic heterocycles. The maximum Gasteiger partial charge on any atom is 0.326 e. The van der Waals surface area contributed by atoms with E-state index < -0.39 is 12.0 Å². The second kappa shape index (κ2) is 12.7. The van der Waals surface area contributed by atoms with Crippen molar-refractivity contribution < 1.29 is 9.90 Å². The number of carboxylic acid groups (broad SMARTS) is 1. The molecule has 1 atom stereocenters. The van der Waals surface area contributed by atoms with Crippen molar-refractivity contribution in [2.24, 2.45) is 10.2 Å². The monoisotopic (exact) mass is 422 g/mol. The number of rotatable bonds is 9. The fraction of sp³-hybridized carbons (Fsp3) is 0.389. The summed E-state index contributed by atoms with van der Waals surface area (Å²) < 4.78 is 0. The Morgan fingerprint density at radius 1 is 1.07 bits per heavy atom. The molecule has 1 rings (SSSR count). The number of thiocarbonyl (C=S) groups is 2. The van der Waals surface area contributed by atoms with Gasteiger partial charge in [-0.05, 0) is 63.1 Å². The molecule has 1 aromatic carbocycles. The summed E-state index contributed by atoms with van der Waals surface area (Å²) in [5, 5.41) is 23.6. The highest BCUT2D eigenvalue weighted by molar-refractivity contribution is 7.80. The summed E-state index contributed by atoms with van der Waals surface area (Å²) in [7, 11) is 1.69. The van der Waals surface area contributed by atoms with Crippen LogP contribution < -0.4 is 21.5 Å². The predicted octanol–water partition coefficient (Wildman–Crippen LogP) is 1.77. The first-order chi connectivity index (χ1) is 13.3. The Bertz CT molecular complexity index is 737. The third-order valence-corrected chi connectivity index (χ3v) is 4.31. The number of benzene rings is 1. The first kappa shape index (κ1) is 23.4. The van der Waals surface area contributed by atoms with E-state index in [-0.39, 0.29) is 5.11 Å². The van der Waals surface area contributed by atoms with Crippen LogP contribution in [0.5, 0.6) is 0 Å². The highest BCUT2D eigenvalue weighted by Crippen LogP contribution is 2.07. The van der Waals surface area contributed by atoms with Crippen LogP contribution in [-0.4, -0.2) is 45.8 Å². The van der Waals surface area contributed by atoms with Crippen molar-refractivity contribution in [2.75, 3.05) is 7.05 Å². The zero-order valence-electron chi connectivity index (χ0n) is 16.2. The van der Waals surface area contributed by atoms with Gasteiger partial charge in [-0.25, -0.2) is 4.79 Å². The lowest BCUT2D eigenvalue weighted by atomic mass is 10.0. The number of hydrogen-bond acceptors (Lipinski definition) is 5. The molecule has 1 aromatic rings. The molecule has 0 heterocycles. The van der Waals surface area contributed by atoms with Crippen LogP contribution in [-0.2, 0) is 11.2 Å². The molecule has 0 saturated carbocycles. The van der Waals surface area contributed by atoms with E-state index in [0.29, 0.717) is 23.0 Å². The standard InChI is InChI=1S/C18H26N6O2S2/c1-12(21-23-17(27)19-3)13(2)22-24-18(28)20-15(16(25)26)11-7-10-14-8-5-4-6-9-14/h4-6,8-9,15H,7,10-11H2,1-3H3,(H,25,26)(H2,19,23,27)(H2,20,24,28). The molecule has 152 valence electrons. The molecule has 0 aliphatic rings. The SMILES string of the molecule is CNC(=S)NN=C(C)C(C)=NNC(=S)NC(CCCc1ccccc1)C(=O)O. The topological polar surface area (TPSA) is 110 Å². The lowest BCUT2D eigenvalue weighted by Gasteiger charge is -2.16. The molecule has 0 radical (unpaired) electrons. The van der Waals surface area contributed by atoms with E-state index in [1.54, 1.807) is 20.9 Å². The lowest BCUT2D eigenvalue weighted by molar-refractivity contribution is -0.139. The van der Waals surface area contributed by atoms with Crippen LogP contribution in [0.3, 0.4) is 0 Å². The van der Waals surface area contributed by atoms with Crippen LogP contribution >= 0.6 is 24.4 Å². The van der Waals surface area contributed by atoms with Crippen molar-refractivity contribution in [3.63, 3.8) is 0 Å². The van der Waals surface area contributed by atoms with Gasteiger partial charge in [0.05, 0.1) is 11.4 Å². The second-order valence-corrected chi connectivity index (χ2v) is 6.76. The van der Waals surface area contributed by atoms with Gasteiger partial charge in [0.15, 0.2) is 10.2 Å². The number of aliphatic carboxylic acids is 1. The van der Waals surface area contributed by atoms with Crippen molar-refractivity contribution in [1.82, 2.24) is 21.5 Å². The molecule has 0 amide bonds. The van der Waals surface area contributed by atoms with Gasteiger partial charge in [0.2, 0.25) is 0 Å². The minimum Gasteiger partial charge on any atom is -0.480 e. The summed E-state index contributed by atoms with van der Waals surface area (Å²) in [5.41, 5.74) is 7.66. The van der Waals surface area contributed by atoms with E-state index in [9.17, 15) is 9.90 Å². The third kappa shape index (κ3) is 9.38. The Hall–Kier alpha value is -2.59. The number of hydrogen-bond donors (Lipinski definition) is 5. The van der Waals surface area contributed by atoms with Gasteiger partial charge in [0.1, 0.15) is 6.04 Å². The van der Waals surface area contributed by atoms with Gasteiger partial charge in [-0.2, -0.15) is 10.2 Å². The Balaban J connectivity index is 2.50. The Morgan fingerprint density at radius 2 is 1.64 bits per heavy atom. The summed E-state index contributed by atoms with van der Waals surface area (Å²) in [6.07, 6.45) is 1.98. The first-order valence-electron chi connectivity index (χ1n) is 8.73. The van der Waals surface area contributed by atoms with Gasteiger partial charge in [0, 0.05) is 7.05 Å². The van der Waals surface area contributed by atoms with Gasteiger partial charge in [-0.15, -0.1) is 0 Å². The van der Waals surface area contributed by atoms with Gasteiger partial charge in [-0.3, -0.25) is 10.9 Å². The molecular formula is C18H26N6O2S2. The van der Waals surface area contributed by atoms with Crippen molar-refractivity contribution in [3.05, 3.63) is 35.9 Å². The largest absolute Gasteiger partial charge is 0.480 e. The molecule has 10 heteroatoms. The molecule has 0 fully saturated rings. The van der Waals surface area contributed by atoms with E-state index in [1.165, 1.54) is 5.56 Å². The van der Waals surface area contributed by atoms with E-state index in [2.05, 4.69) is 31.7 Å². The number of nitrogens with one attached hydrogen (secondary N) is 4. The number of hydrazone groups is 2. The average Bonchev–Trinajstić information content (AvgIpc) is 2.69. The van der Waals surface area contributed by atoms with Crippen molar-refractivity contribution in [2.45, 2.75) is 39.2 Å². The van der Waals surface area contributed by atoms with E-state index in [1.807, 2.05) is 30.3 Å². The molecular weight excluding hydrogens is 396 g/mol. The zero-order chi connectivity index (χ0) is 20.9. The molecule has 5 N–H and O–H groups in total. The minimum atomic E-state index is -0.958. The number of nitrogens with zero attached hydrogens (tertiary/aromatic N) is 2. The summed E-state index contributed by atoms with van der Waals surface area (Å²) in [6, 6.07) is 9.14. The Morgan fingerprint density at radius 3 is 2.18 bits per heavy atom. The van der Waals surface area contributed by atoms with Gasteiger partial charge in [-0.1, -0.05) is 30.3 Å². The Labute approximate surface area is 175 Å². The van der Waals surface area contributed by atoms with E-state index >= 15 is 0 Å². The fourth-order valence-corrected chi connectivity index (χ4v) is 2.32. The third-order valence-electron chi connectivity index (χ3n) is 3.81. The van der Waals surface area contributed by atoms with Crippen LogP contribution in [0.4, 0.5) is 0 Å². The van der Waals surface area contributed by atoms with Crippen molar-refractivity contribution in [3.8, 4) is 0 Å². The number of carbonyl (C=O) groups is 1. The molecule has 28 heavy (non-hydrogen) atoms. The molecule has 0 spiro atoms. The lowest BCUT2D eigenvalue weighted by Crippen LogP contribution is -2.44. The predicted molar refractivity (Wildman–Crippen MR) is 121 cm³/mol. The maximum atomic E-state index is 11.5. The molecule has 1 unspecified atom stereocenters. The molecule has 0 saturated heterocycles. The molecule has 0 aliphatic carbocycles. The summed E-state index contributed by atoms with van der Waals surface area (Å²) in [6.45, 7) is 3.50. The zero-order valence-corrected chi connectivity index (χ0v) is 17.8. The molecule has 0 aliphatic heterocycles. The highest BCUT2D eigenvalue weighted by Gasteiger charge is 2.17. The van der Waals surface area contributed by atoms with Crippen molar-refractivity contribution in [1.29, 1.82) is 0 Å². The number of aryl methyl sites for hydroxylation is 1. The summed E-state index contributed by atoms with van der Waals surface area (Å²) >= 11 is 10.1. The number of carboxylic acids is 1. The van der Waals surface area contributed by atoms with Crippen molar-refractivity contribution >= 4 is 52.1 Å². The second-order valence-electron chi connectivity index (χ2n) is 5.94. The van der Waals surface area contributed by atoms with E-state index in [4.69, 9.17) is 24.4 Å². The average molecular weight is 423 g/mol. The fourth-order valence-electron chi connectivity index (χ4n) is 2.09. The summed E-state index contributed by atoms with van der Waals surface area (Å²) in [5.74, 6) is -0.958. The quantitative estimate of drug-likeness (QED) is 0.233. The molecule has 8 nitrogen and oxygen atoms in total. The van der Waals surface area contributed by atoms with Crippen LogP contribution in [0.1, 0.15) is 32.3 Å². The Kier molecular flexibility index (Phi) is 10.7. The molecule has 0 bridgehead atoms. The van der Waals surface area contributed by atoms with Gasteiger partial charge < -0.3 is 15.7 Å². The van der Waals surface area contributed by atoms with Crippen LogP contribution in [0.2, 0.25) is 0 Å². The normalized spacial score (nSPS) is 12.7. The van der Waals surface area contributed by atoms with Gasteiger partial charge in [0.25, 0.3) is 0 Å². The van der Waals surface area contributed by atoms with Crippen LogP contribution in [0.25, 0.3) is 0 Å². The summed E-state index contributed by atoms with van der Waals surface area (Å²) in [4.78, 5) is 11.5. The minimum absolute atomic E-state index is 0.137. The maximum absolute atomic E-state index is 11.5. The highest BCUT2D eigenvalue weighted by atomic mass is 32.1. The smallest absolute Gasteiger partial charge is 0.326 e. The first-order valence-corrected chi connectivity index (χ1v) is 9.55. The van der Waals surface area contributed by atoms with Crippen LogP contribution in [0, 0.1) is 0 Å².